The van der Waals surface area contributed by atoms with Crippen molar-refractivity contribution in [2.24, 2.45) is 5.16 Å². The summed E-state index contributed by atoms with van der Waals surface area (Å²) in [6.45, 7) is 0.138. The van der Waals surface area contributed by atoms with E-state index < -0.39 is 0 Å². The number of carbonyl (C=O) groups excluding carboxylic acids is 1. The smallest absolute Gasteiger partial charge is 0.220 e. The van der Waals surface area contributed by atoms with Gasteiger partial charge in [-0.2, -0.15) is 0 Å². The summed E-state index contributed by atoms with van der Waals surface area (Å²) in [5, 5.41) is 3.74. The molecule has 3 heteroatoms. The summed E-state index contributed by atoms with van der Waals surface area (Å²) in [5.74, 6) is 0.0491. The molecule has 2 rings (SSSR count). The Labute approximate surface area is 101 Å². The van der Waals surface area contributed by atoms with Crippen LogP contribution in [-0.2, 0) is 16.1 Å². The van der Waals surface area contributed by atoms with Gasteiger partial charge in [-0.1, -0.05) is 41.9 Å². The Hall–Kier alpha value is -1.64. The molecule has 0 atom stereocenters. The molecule has 90 valence electrons. The van der Waals surface area contributed by atoms with E-state index in [0.29, 0.717) is 5.71 Å². The first-order valence-corrected chi connectivity index (χ1v) is 6.12. The zero-order chi connectivity index (χ0) is 11.9. The molecule has 0 spiro atoms. The maximum absolute atomic E-state index is 11.2. The van der Waals surface area contributed by atoms with Crippen LogP contribution in [0.3, 0.4) is 0 Å². The molecular formula is C14H17NO2. The summed E-state index contributed by atoms with van der Waals surface area (Å²) in [4.78, 5) is 15.9. The fourth-order valence-corrected chi connectivity index (χ4v) is 1.93. The van der Waals surface area contributed by atoms with Crippen molar-refractivity contribution in [2.75, 3.05) is 6.61 Å². The van der Waals surface area contributed by atoms with E-state index in [0.717, 1.165) is 32.1 Å². The third-order valence-electron chi connectivity index (χ3n) is 2.91. The van der Waals surface area contributed by atoms with Gasteiger partial charge in [0.1, 0.15) is 5.71 Å². The van der Waals surface area contributed by atoms with Gasteiger partial charge in [0.05, 0.1) is 0 Å². The zero-order valence-electron chi connectivity index (χ0n) is 9.89. The van der Waals surface area contributed by atoms with Gasteiger partial charge in [0.2, 0.25) is 5.78 Å². The molecule has 0 aliphatic carbocycles. The van der Waals surface area contributed by atoms with Crippen LogP contribution in [0.1, 0.15) is 31.2 Å². The molecule has 1 aromatic carbocycles. The normalized spacial score (nSPS) is 14.6. The number of carbonyl (C=O) groups is 1. The SMILES string of the molecule is O=C1CON=C1CCCCCc1ccccc1. The fraction of sp³-hybridized carbons (Fsp3) is 0.429. The Bertz CT molecular complexity index is 398. The van der Waals surface area contributed by atoms with Crippen molar-refractivity contribution >= 4 is 11.5 Å². The molecule has 0 amide bonds. The minimum Gasteiger partial charge on any atom is -0.387 e. The van der Waals surface area contributed by atoms with Crippen LogP contribution in [-0.4, -0.2) is 18.1 Å². The Morgan fingerprint density at radius 1 is 1.06 bits per heavy atom. The molecular weight excluding hydrogens is 214 g/mol. The third-order valence-corrected chi connectivity index (χ3v) is 2.91. The molecule has 0 fully saturated rings. The van der Waals surface area contributed by atoms with E-state index in [4.69, 9.17) is 4.84 Å². The molecule has 0 N–H and O–H groups in total. The van der Waals surface area contributed by atoms with Gasteiger partial charge in [0.15, 0.2) is 6.61 Å². The van der Waals surface area contributed by atoms with E-state index in [-0.39, 0.29) is 12.4 Å². The summed E-state index contributed by atoms with van der Waals surface area (Å²) in [6.07, 6.45) is 5.17. The van der Waals surface area contributed by atoms with Crippen molar-refractivity contribution in [3.8, 4) is 0 Å². The van der Waals surface area contributed by atoms with E-state index in [9.17, 15) is 4.79 Å². The summed E-state index contributed by atoms with van der Waals surface area (Å²) in [6, 6.07) is 10.5. The third kappa shape index (κ3) is 3.70. The van der Waals surface area contributed by atoms with Crippen molar-refractivity contribution in [3.05, 3.63) is 35.9 Å². The first-order valence-electron chi connectivity index (χ1n) is 6.12. The standard InChI is InChI=1S/C14H17NO2/c16-14-11-17-15-13(14)10-6-2-5-9-12-7-3-1-4-8-12/h1,3-4,7-8H,2,5-6,9-11H2. The van der Waals surface area contributed by atoms with Crippen LogP contribution in [0.2, 0.25) is 0 Å². The minimum absolute atomic E-state index is 0.0491. The van der Waals surface area contributed by atoms with Crippen LogP contribution in [0.15, 0.2) is 35.5 Å². The highest BCUT2D eigenvalue weighted by Crippen LogP contribution is 2.10. The predicted molar refractivity (Wildman–Crippen MR) is 67.0 cm³/mol. The molecule has 1 aliphatic heterocycles. The first kappa shape index (κ1) is 11.8. The highest BCUT2D eigenvalue weighted by Gasteiger charge is 2.17. The Morgan fingerprint density at radius 2 is 1.82 bits per heavy atom. The largest absolute Gasteiger partial charge is 0.387 e. The van der Waals surface area contributed by atoms with E-state index in [1.54, 1.807) is 0 Å². The van der Waals surface area contributed by atoms with E-state index in [1.165, 1.54) is 5.56 Å². The fourth-order valence-electron chi connectivity index (χ4n) is 1.93. The van der Waals surface area contributed by atoms with Crippen LogP contribution in [0, 0.1) is 0 Å². The number of Topliss-reactive ketones (excluding diaryl/α,β-unsaturated/α-hetero) is 1. The molecule has 0 saturated carbocycles. The predicted octanol–water partition coefficient (Wildman–Crippen LogP) is 2.74. The maximum atomic E-state index is 11.2. The topological polar surface area (TPSA) is 38.7 Å². The van der Waals surface area contributed by atoms with Crippen LogP contribution in [0.25, 0.3) is 0 Å². The van der Waals surface area contributed by atoms with Crippen LogP contribution in [0.5, 0.6) is 0 Å². The number of ketones is 1. The van der Waals surface area contributed by atoms with Gasteiger partial charge in [-0.15, -0.1) is 0 Å². The van der Waals surface area contributed by atoms with Gasteiger partial charge < -0.3 is 4.84 Å². The number of benzene rings is 1. The van der Waals surface area contributed by atoms with Crippen LogP contribution in [0.4, 0.5) is 0 Å². The summed E-state index contributed by atoms with van der Waals surface area (Å²) >= 11 is 0. The number of oxime groups is 1. The highest BCUT2D eigenvalue weighted by atomic mass is 16.6. The van der Waals surface area contributed by atoms with Crippen molar-refractivity contribution in [1.29, 1.82) is 0 Å². The molecule has 0 aromatic heterocycles. The maximum Gasteiger partial charge on any atom is 0.220 e. The lowest BCUT2D eigenvalue weighted by Crippen LogP contribution is -2.11. The first-order chi connectivity index (χ1) is 8.36. The zero-order valence-corrected chi connectivity index (χ0v) is 9.89. The quantitative estimate of drug-likeness (QED) is 0.706. The van der Waals surface area contributed by atoms with Crippen molar-refractivity contribution in [2.45, 2.75) is 32.1 Å². The molecule has 0 radical (unpaired) electrons. The molecule has 3 nitrogen and oxygen atoms in total. The lowest BCUT2D eigenvalue weighted by molar-refractivity contribution is -0.115. The number of unbranched alkanes of at least 4 members (excludes halogenated alkanes) is 2. The van der Waals surface area contributed by atoms with E-state index in [1.807, 2.05) is 6.07 Å². The van der Waals surface area contributed by atoms with Gasteiger partial charge >= 0.3 is 0 Å². The average Bonchev–Trinajstić information content (AvgIpc) is 2.76. The van der Waals surface area contributed by atoms with Gasteiger partial charge in [0, 0.05) is 0 Å². The summed E-state index contributed by atoms with van der Waals surface area (Å²) < 4.78 is 0. The van der Waals surface area contributed by atoms with Crippen LogP contribution < -0.4 is 0 Å². The number of hydrogen-bond donors (Lipinski definition) is 0. The lowest BCUT2D eigenvalue weighted by atomic mass is 10.0. The monoisotopic (exact) mass is 231 g/mol. The molecule has 17 heavy (non-hydrogen) atoms. The van der Waals surface area contributed by atoms with Gasteiger partial charge in [-0.05, 0) is 31.2 Å². The number of rotatable bonds is 6. The lowest BCUT2D eigenvalue weighted by Gasteiger charge is -2.01. The van der Waals surface area contributed by atoms with Crippen molar-refractivity contribution in [1.82, 2.24) is 0 Å². The van der Waals surface area contributed by atoms with Gasteiger partial charge in [-0.3, -0.25) is 4.79 Å². The van der Waals surface area contributed by atoms with E-state index in [2.05, 4.69) is 29.4 Å². The molecule has 0 bridgehead atoms. The van der Waals surface area contributed by atoms with E-state index >= 15 is 0 Å². The van der Waals surface area contributed by atoms with Crippen molar-refractivity contribution in [3.63, 3.8) is 0 Å². The minimum atomic E-state index is 0.0491. The molecule has 1 aliphatic rings. The Kier molecular flexibility index (Phi) is 4.30. The Balaban J connectivity index is 1.59. The highest BCUT2D eigenvalue weighted by molar-refractivity contribution is 6.41. The number of nitrogens with zero attached hydrogens (tertiary/aromatic N) is 1. The molecule has 1 aromatic rings. The number of hydrogen-bond acceptors (Lipinski definition) is 3. The van der Waals surface area contributed by atoms with Gasteiger partial charge in [-0.25, -0.2) is 0 Å². The second kappa shape index (κ2) is 6.18. The second-order valence-electron chi connectivity index (χ2n) is 4.28. The Morgan fingerprint density at radius 3 is 2.53 bits per heavy atom. The number of aryl methyl sites for hydroxylation is 1. The average molecular weight is 231 g/mol. The summed E-state index contributed by atoms with van der Waals surface area (Å²) in [7, 11) is 0. The molecule has 0 saturated heterocycles. The van der Waals surface area contributed by atoms with Crippen molar-refractivity contribution < 1.29 is 9.63 Å². The second-order valence-corrected chi connectivity index (χ2v) is 4.28. The molecule has 1 heterocycles. The van der Waals surface area contributed by atoms with Crippen LogP contribution >= 0.6 is 0 Å². The van der Waals surface area contributed by atoms with Gasteiger partial charge in [0.25, 0.3) is 0 Å². The summed E-state index contributed by atoms with van der Waals surface area (Å²) in [5.41, 5.74) is 2.00. The molecule has 0 unspecified atom stereocenters.